The number of ether oxygens (including phenoxy) is 1. The van der Waals surface area contributed by atoms with Crippen molar-refractivity contribution in [2.24, 2.45) is 0 Å². The summed E-state index contributed by atoms with van der Waals surface area (Å²) in [7, 11) is 0. The standard InChI is InChI=1S/C26H25N3O5/c1-2-17(12-24(30)28-18-11-16(25(31)32)13-27-14-18)29-26(33)34-15-23-21-9-5-3-7-19(21)20-8-4-6-10-22(20)23/h3-11,13-14,17,23H,2,12,15H2,1H3,(H,28,30)(H,29,33)(H,31,32). The summed E-state index contributed by atoms with van der Waals surface area (Å²) in [5.74, 6) is -1.54. The molecule has 0 radical (unpaired) electrons. The van der Waals surface area contributed by atoms with E-state index in [0.717, 1.165) is 22.3 Å². The van der Waals surface area contributed by atoms with Gasteiger partial charge in [-0.25, -0.2) is 9.59 Å². The molecule has 1 aromatic heterocycles. The molecule has 0 fully saturated rings. The fraction of sp³-hybridized carbons (Fsp3) is 0.231. The highest BCUT2D eigenvalue weighted by molar-refractivity contribution is 5.93. The Bertz CT molecular complexity index is 1180. The lowest BCUT2D eigenvalue weighted by molar-refractivity contribution is -0.116. The minimum absolute atomic E-state index is 0.0119. The van der Waals surface area contributed by atoms with E-state index in [0.29, 0.717) is 6.42 Å². The van der Waals surface area contributed by atoms with Gasteiger partial charge in [0, 0.05) is 24.6 Å². The molecule has 0 aliphatic heterocycles. The normalized spacial score (nSPS) is 12.9. The number of anilines is 1. The second kappa shape index (κ2) is 10.2. The zero-order chi connectivity index (χ0) is 24.1. The maximum atomic E-state index is 12.5. The summed E-state index contributed by atoms with van der Waals surface area (Å²) in [6, 6.07) is 17.1. The first-order chi connectivity index (χ1) is 16.5. The van der Waals surface area contributed by atoms with E-state index in [9.17, 15) is 14.4 Å². The molecule has 2 amide bonds. The van der Waals surface area contributed by atoms with Crippen molar-refractivity contribution in [2.75, 3.05) is 11.9 Å². The topological polar surface area (TPSA) is 118 Å². The highest BCUT2D eigenvalue weighted by Gasteiger charge is 2.29. The lowest BCUT2D eigenvalue weighted by Gasteiger charge is -2.19. The summed E-state index contributed by atoms with van der Waals surface area (Å²) in [6.07, 6.45) is 2.51. The highest BCUT2D eigenvalue weighted by Crippen LogP contribution is 2.44. The molecule has 0 saturated carbocycles. The van der Waals surface area contributed by atoms with E-state index >= 15 is 0 Å². The lowest BCUT2D eigenvalue weighted by atomic mass is 9.98. The number of nitrogens with zero attached hydrogens (tertiary/aromatic N) is 1. The molecule has 174 valence electrons. The first-order valence-corrected chi connectivity index (χ1v) is 11.1. The molecule has 2 aromatic carbocycles. The summed E-state index contributed by atoms with van der Waals surface area (Å²) in [5.41, 5.74) is 4.80. The third-order valence-electron chi connectivity index (χ3n) is 5.86. The van der Waals surface area contributed by atoms with Gasteiger partial charge in [0.05, 0.1) is 17.4 Å². The number of carbonyl (C=O) groups excluding carboxylic acids is 2. The van der Waals surface area contributed by atoms with Gasteiger partial charge in [-0.3, -0.25) is 9.78 Å². The molecule has 0 bridgehead atoms. The minimum atomic E-state index is -1.13. The van der Waals surface area contributed by atoms with Crippen molar-refractivity contribution in [1.29, 1.82) is 0 Å². The van der Waals surface area contributed by atoms with E-state index in [-0.39, 0.29) is 36.1 Å². The number of hydrogen-bond donors (Lipinski definition) is 3. The molecule has 4 rings (SSSR count). The number of carboxylic acid groups (broad SMARTS) is 1. The molecule has 0 saturated heterocycles. The largest absolute Gasteiger partial charge is 0.478 e. The van der Waals surface area contributed by atoms with Crippen LogP contribution in [0.1, 0.15) is 47.2 Å². The van der Waals surface area contributed by atoms with Gasteiger partial charge in [-0.05, 0) is 34.7 Å². The minimum Gasteiger partial charge on any atom is -0.478 e. The fourth-order valence-corrected chi connectivity index (χ4v) is 4.17. The molecule has 1 heterocycles. The zero-order valence-electron chi connectivity index (χ0n) is 18.7. The number of rotatable bonds is 8. The van der Waals surface area contributed by atoms with Crippen LogP contribution in [0.3, 0.4) is 0 Å². The first kappa shape index (κ1) is 23.0. The molecule has 1 atom stereocenters. The van der Waals surface area contributed by atoms with Crippen LogP contribution in [-0.2, 0) is 9.53 Å². The van der Waals surface area contributed by atoms with Crippen LogP contribution < -0.4 is 10.6 Å². The lowest BCUT2D eigenvalue weighted by Crippen LogP contribution is -2.38. The summed E-state index contributed by atoms with van der Waals surface area (Å²) >= 11 is 0. The Morgan fingerprint density at radius 1 is 1.03 bits per heavy atom. The van der Waals surface area contributed by atoms with Crippen LogP contribution in [0.25, 0.3) is 11.1 Å². The van der Waals surface area contributed by atoms with Gasteiger partial charge in [0.15, 0.2) is 0 Å². The van der Waals surface area contributed by atoms with E-state index in [1.54, 1.807) is 0 Å². The molecule has 0 spiro atoms. The van der Waals surface area contributed by atoms with Crippen LogP contribution >= 0.6 is 0 Å². The van der Waals surface area contributed by atoms with Gasteiger partial charge in [-0.2, -0.15) is 0 Å². The van der Waals surface area contributed by atoms with E-state index in [4.69, 9.17) is 9.84 Å². The van der Waals surface area contributed by atoms with Gasteiger partial charge in [0.2, 0.25) is 5.91 Å². The predicted molar refractivity (Wildman–Crippen MR) is 127 cm³/mol. The zero-order valence-corrected chi connectivity index (χ0v) is 18.7. The van der Waals surface area contributed by atoms with Gasteiger partial charge in [-0.1, -0.05) is 55.5 Å². The van der Waals surface area contributed by atoms with Crippen molar-refractivity contribution in [3.63, 3.8) is 0 Å². The summed E-state index contributed by atoms with van der Waals surface area (Å²) in [6.45, 7) is 2.05. The number of pyridine rings is 1. The number of carbonyl (C=O) groups is 3. The highest BCUT2D eigenvalue weighted by atomic mass is 16.5. The average Bonchev–Trinajstić information content (AvgIpc) is 3.16. The number of aromatic nitrogens is 1. The molecule has 8 heteroatoms. The van der Waals surface area contributed by atoms with Gasteiger partial charge in [0.25, 0.3) is 0 Å². The molecule has 34 heavy (non-hydrogen) atoms. The van der Waals surface area contributed by atoms with Crippen LogP contribution in [-0.4, -0.2) is 40.7 Å². The van der Waals surface area contributed by atoms with Crippen molar-refractivity contribution >= 4 is 23.7 Å². The van der Waals surface area contributed by atoms with E-state index in [2.05, 4.69) is 39.9 Å². The van der Waals surface area contributed by atoms with Crippen molar-refractivity contribution < 1.29 is 24.2 Å². The number of carboxylic acids is 1. The molecule has 1 aliphatic carbocycles. The molecular weight excluding hydrogens is 434 g/mol. The van der Waals surface area contributed by atoms with Crippen molar-refractivity contribution in [3.05, 3.63) is 83.7 Å². The Hall–Kier alpha value is -4.20. The first-order valence-electron chi connectivity index (χ1n) is 11.1. The Morgan fingerprint density at radius 2 is 1.68 bits per heavy atom. The van der Waals surface area contributed by atoms with Crippen molar-refractivity contribution in [3.8, 4) is 11.1 Å². The van der Waals surface area contributed by atoms with Crippen molar-refractivity contribution in [2.45, 2.75) is 31.7 Å². The van der Waals surface area contributed by atoms with Gasteiger partial charge < -0.3 is 20.5 Å². The number of benzene rings is 2. The average molecular weight is 460 g/mol. The quantitative estimate of drug-likeness (QED) is 0.459. The molecular formula is C26H25N3O5. The number of aromatic carboxylic acids is 1. The fourth-order valence-electron chi connectivity index (χ4n) is 4.17. The molecule has 1 aliphatic rings. The number of fused-ring (bicyclic) bond motifs is 3. The molecule has 3 aromatic rings. The van der Waals surface area contributed by atoms with Crippen LogP contribution in [0.5, 0.6) is 0 Å². The number of nitrogens with one attached hydrogen (secondary N) is 2. The maximum Gasteiger partial charge on any atom is 0.407 e. The Morgan fingerprint density at radius 3 is 2.29 bits per heavy atom. The molecule has 1 unspecified atom stereocenters. The summed E-state index contributed by atoms with van der Waals surface area (Å²) in [4.78, 5) is 39.8. The van der Waals surface area contributed by atoms with Gasteiger partial charge >= 0.3 is 12.1 Å². The van der Waals surface area contributed by atoms with Crippen LogP contribution in [0.4, 0.5) is 10.5 Å². The second-order valence-corrected chi connectivity index (χ2v) is 8.09. The van der Waals surface area contributed by atoms with Crippen molar-refractivity contribution in [1.82, 2.24) is 10.3 Å². The summed E-state index contributed by atoms with van der Waals surface area (Å²) in [5, 5.41) is 14.4. The second-order valence-electron chi connectivity index (χ2n) is 8.09. The number of alkyl carbamates (subject to hydrolysis) is 1. The van der Waals surface area contributed by atoms with E-state index in [1.165, 1.54) is 18.5 Å². The predicted octanol–water partition coefficient (Wildman–Crippen LogP) is 4.43. The monoisotopic (exact) mass is 459 g/mol. The Labute approximate surface area is 197 Å². The van der Waals surface area contributed by atoms with Crippen LogP contribution in [0.2, 0.25) is 0 Å². The van der Waals surface area contributed by atoms with Gasteiger partial charge in [0.1, 0.15) is 6.61 Å². The maximum absolute atomic E-state index is 12.5. The summed E-state index contributed by atoms with van der Waals surface area (Å²) < 4.78 is 5.56. The smallest absolute Gasteiger partial charge is 0.407 e. The number of amides is 2. The van der Waals surface area contributed by atoms with E-state index in [1.807, 2.05) is 31.2 Å². The van der Waals surface area contributed by atoms with Gasteiger partial charge in [-0.15, -0.1) is 0 Å². The number of hydrogen-bond acceptors (Lipinski definition) is 5. The Balaban J connectivity index is 1.33. The third-order valence-corrected chi connectivity index (χ3v) is 5.86. The van der Waals surface area contributed by atoms with E-state index < -0.39 is 18.1 Å². The Kier molecular flexibility index (Phi) is 6.87. The SMILES string of the molecule is CCC(CC(=O)Nc1cncc(C(=O)O)c1)NC(=O)OCC1c2ccccc2-c2ccccc21. The van der Waals surface area contributed by atoms with Crippen LogP contribution in [0.15, 0.2) is 67.0 Å². The third kappa shape index (κ3) is 5.06. The molecule has 3 N–H and O–H groups in total. The van der Waals surface area contributed by atoms with Crippen LogP contribution in [0, 0.1) is 0 Å². The molecule has 8 nitrogen and oxygen atoms in total.